The number of nitrogens with one attached hydrogen (secondary N) is 4. The molecule has 3 rings (SSSR count). The molecule has 8 heteroatoms. The van der Waals surface area contributed by atoms with Crippen LogP contribution >= 0.6 is 0 Å². The van der Waals surface area contributed by atoms with Crippen molar-refractivity contribution in [1.82, 2.24) is 10.2 Å². The number of piperidine rings is 1. The smallest absolute Gasteiger partial charge is 0.323 e. The first-order chi connectivity index (χ1) is 16.0. The third-order valence-corrected chi connectivity index (χ3v) is 5.51. The molecule has 0 saturated carbocycles. The molecule has 0 bridgehead atoms. The third kappa shape index (κ3) is 7.10. The summed E-state index contributed by atoms with van der Waals surface area (Å²) < 4.78 is 0. The Morgan fingerprint density at radius 2 is 1.55 bits per heavy atom. The van der Waals surface area contributed by atoms with Gasteiger partial charge in [-0.2, -0.15) is 0 Å². The van der Waals surface area contributed by atoms with E-state index in [-0.39, 0.29) is 23.9 Å². The Labute approximate surface area is 194 Å². The Kier molecular flexibility index (Phi) is 8.46. The van der Waals surface area contributed by atoms with Crippen LogP contribution in [0.5, 0.6) is 0 Å². The lowest BCUT2D eigenvalue weighted by Crippen LogP contribution is -2.46. The molecule has 8 nitrogen and oxygen atoms in total. The zero-order valence-corrected chi connectivity index (χ0v) is 18.9. The highest BCUT2D eigenvalue weighted by atomic mass is 16.2. The van der Waals surface area contributed by atoms with E-state index in [9.17, 15) is 14.4 Å². The normalized spacial score (nSPS) is 15.3. The maximum atomic E-state index is 12.6. The number of benzene rings is 2. The average molecular weight is 450 g/mol. The van der Waals surface area contributed by atoms with Crippen LogP contribution in [0.1, 0.15) is 25.3 Å². The summed E-state index contributed by atoms with van der Waals surface area (Å²) in [5, 5.41) is 11.2. The van der Waals surface area contributed by atoms with Crippen LogP contribution in [-0.4, -0.2) is 42.5 Å². The minimum Gasteiger partial charge on any atom is -0.352 e. The number of urea groups is 2. The highest BCUT2D eigenvalue weighted by Gasteiger charge is 2.28. The van der Waals surface area contributed by atoms with Crippen molar-refractivity contribution in [3.05, 3.63) is 66.7 Å². The first-order valence-corrected chi connectivity index (χ1v) is 11.2. The fourth-order valence-corrected chi connectivity index (χ4v) is 3.65. The number of amides is 5. The zero-order valence-electron chi connectivity index (χ0n) is 18.9. The van der Waals surface area contributed by atoms with Gasteiger partial charge < -0.3 is 26.2 Å². The monoisotopic (exact) mass is 449 g/mol. The predicted molar refractivity (Wildman–Crippen MR) is 131 cm³/mol. The number of anilines is 3. The van der Waals surface area contributed by atoms with Crippen LogP contribution in [0.3, 0.4) is 0 Å². The van der Waals surface area contributed by atoms with Gasteiger partial charge in [0.1, 0.15) is 0 Å². The molecule has 1 aliphatic heterocycles. The van der Waals surface area contributed by atoms with Gasteiger partial charge in [0, 0.05) is 36.7 Å². The molecule has 4 N–H and O–H groups in total. The van der Waals surface area contributed by atoms with E-state index in [1.807, 2.05) is 24.3 Å². The molecule has 0 spiro atoms. The second-order valence-electron chi connectivity index (χ2n) is 7.96. The first kappa shape index (κ1) is 23.8. The summed E-state index contributed by atoms with van der Waals surface area (Å²) in [6, 6.07) is 14.0. The summed E-state index contributed by atoms with van der Waals surface area (Å²) in [5.74, 6) is -0.268. The fourth-order valence-electron chi connectivity index (χ4n) is 3.65. The van der Waals surface area contributed by atoms with Crippen molar-refractivity contribution in [2.75, 3.05) is 35.6 Å². The number of carbonyl (C=O) groups excluding carboxylic acids is 3. The Morgan fingerprint density at radius 1 is 0.970 bits per heavy atom. The van der Waals surface area contributed by atoms with Crippen LogP contribution in [-0.2, 0) is 11.2 Å². The van der Waals surface area contributed by atoms with Crippen LogP contribution in [0.25, 0.3) is 0 Å². The van der Waals surface area contributed by atoms with Gasteiger partial charge in [-0.1, -0.05) is 25.1 Å². The Hall–Kier alpha value is -3.81. The highest BCUT2D eigenvalue weighted by Crippen LogP contribution is 2.19. The molecule has 0 radical (unpaired) electrons. The molecule has 2 aromatic rings. The number of aryl methyl sites for hydroxylation is 1. The SMILES string of the molecule is C=CCNC(=O)[C@H]1CCCN(C(=O)Nc2ccc(NC(=O)Nc3ccc(CC)cc3)cc2)C1. The molecule has 1 heterocycles. The minimum absolute atomic E-state index is 0.0533. The molecule has 1 atom stereocenters. The summed E-state index contributed by atoms with van der Waals surface area (Å²) in [7, 11) is 0. The lowest BCUT2D eigenvalue weighted by Gasteiger charge is -2.32. The maximum absolute atomic E-state index is 12.6. The fraction of sp³-hybridized carbons (Fsp3) is 0.320. The van der Waals surface area contributed by atoms with Crippen LogP contribution in [0.4, 0.5) is 26.7 Å². The van der Waals surface area contributed by atoms with Crippen LogP contribution in [0, 0.1) is 5.92 Å². The van der Waals surface area contributed by atoms with E-state index in [1.54, 1.807) is 35.2 Å². The van der Waals surface area contributed by atoms with Gasteiger partial charge in [0.2, 0.25) is 5.91 Å². The summed E-state index contributed by atoms with van der Waals surface area (Å²) in [6.07, 6.45) is 4.12. The molecular formula is C25H31N5O3. The van der Waals surface area contributed by atoms with E-state index >= 15 is 0 Å². The zero-order chi connectivity index (χ0) is 23.6. The molecule has 1 saturated heterocycles. The van der Waals surface area contributed by atoms with E-state index in [1.165, 1.54) is 5.56 Å². The van der Waals surface area contributed by atoms with E-state index in [2.05, 4.69) is 34.8 Å². The Bertz CT molecular complexity index is 973. The first-order valence-electron chi connectivity index (χ1n) is 11.2. The third-order valence-electron chi connectivity index (χ3n) is 5.51. The molecule has 1 aliphatic rings. The van der Waals surface area contributed by atoms with Gasteiger partial charge in [0.15, 0.2) is 0 Å². The highest BCUT2D eigenvalue weighted by molar-refractivity contribution is 6.00. The number of rotatable bonds is 7. The lowest BCUT2D eigenvalue weighted by molar-refractivity contribution is -0.126. The Morgan fingerprint density at radius 3 is 2.12 bits per heavy atom. The van der Waals surface area contributed by atoms with Gasteiger partial charge in [0.25, 0.3) is 0 Å². The largest absolute Gasteiger partial charge is 0.352 e. The van der Waals surface area contributed by atoms with Crippen molar-refractivity contribution >= 4 is 35.0 Å². The molecule has 174 valence electrons. The second-order valence-corrected chi connectivity index (χ2v) is 7.96. The van der Waals surface area contributed by atoms with Gasteiger partial charge in [-0.15, -0.1) is 6.58 Å². The van der Waals surface area contributed by atoms with Gasteiger partial charge in [-0.25, -0.2) is 9.59 Å². The van der Waals surface area contributed by atoms with Crippen molar-refractivity contribution < 1.29 is 14.4 Å². The van der Waals surface area contributed by atoms with Gasteiger partial charge in [0.05, 0.1) is 5.92 Å². The number of likely N-dealkylation sites (tertiary alicyclic amines) is 1. The molecule has 33 heavy (non-hydrogen) atoms. The van der Waals surface area contributed by atoms with Crippen LogP contribution in [0.15, 0.2) is 61.2 Å². The van der Waals surface area contributed by atoms with Gasteiger partial charge in [-0.3, -0.25) is 4.79 Å². The molecule has 0 unspecified atom stereocenters. The van der Waals surface area contributed by atoms with Crippen molar-refractivity contribution in [3.8, 4) is 0 Å². The van der Waals surface area contributed by atoms with Gasteiger partial charge >= 0.3 is 12.1 Å². The topological polar surface area (TPSA) is 103 Å². The van der Waals surface area contributed by atoms with Crippen molar-refractivity contribution in [2.45, 2.75) is 26.2 Å². The van der Waals surface area contributed by atoms with Gasteiger partial charge in [-0.05, 0) is 61.2 Å². The van der Waals surface area contributed by atoms with Crippen molar-refractivity contribution in [2.24, 2.45) is 5.92 Å². The number of carbonyl (C=O) groups is 3. The summed E-state index contributed by atoms with van der Waals surface area (Å²) in [5.41, 5.74) is 3.13. The van der Waals surface area contributed by atoms with Crippen LogP contribution < -0.4 is 21.3 Å². The number of hydrogen-bond acceptors (Lipinski definition) is 3. The second kappa shape index (κ2) is 11.7. The van der Waals surface area contributed by atoms with Crippen LogP contribution in [0.2, 0.25) is 0 Å². The van der Waals surface area contributed by atoms with Crippen molar-refractivity contribution in [3.63, 3.8) is 0 Å². The molecular weight excluding hydrogens is 418 g/mol. The molecule has 0 aliphatic carbocycles. The summed E-state index contributed by atoms with van der Waals surface area (Å²) >= 11 is 0. The maximum Gasteiger partial charge on any atom is 0.323 e. The number of hydrogen-bond donors (Lipinski definition) is 4. The quantitative estimate of drug-likeness (QED) is 0.470. The van der Waals surface area contributed by atoms with E-state index in [4.69, 9.17) is 0 Å². The minimum atomic E-state index is -0.342. The molecule has 1 fully saturated rings. The number of nitrogens with zero attached hydrogens (tertiary/aromatic N) is 1. The molecule has 5 amide bonds. The lowest BCUT2D eigenvalue weighted by atomic mass is 9.97. The standard InChI is InChI=1S/C25H31N5O3/c1-3-15-26-23(31)19-6-5-16-30(17-19)25(33)29-22-13-11-21(12-14-22)28-24(32)27-20-9-7-18(4-2)8-10-20/h3,7-14,19H,1,4-6,15-17H2,2H3,(H,26,31)(H,29,33)(H2,27,28,32)/t19-/m0/s1. The predicted octanol–water partition coefficient (Wildman–Crippen LogP) is 4.44. The molecule has 0 aromatic heterocycles. The van der Waals surface area contributed by atoms with Crippen molar-refractivity contribution in [1.29, 1.82) is 0 Å². The van der Waals surface area contributed by atoms with E-state index in [0.29, 0.717) is 36.7 Å². The summed E-state index contributed by atoms with van der Waals surface area (Å²) in [4.78, 5) is 38.7. The Balaban J connectivity index is 1.49. The average Bonchev–Trinajstić information content (AvgIpc) is 2.84. The van der Waals surface area contributed by atoms with E-state index in [0.717, 1.165) is 19.3 Å². The summed E-state index contributed by atoms with van der Waals surface area (Å²) in [6.45, 7) is 7.09. The van der Waals surface area contributed by atoms with E-state index < -0.39 is 0 Å². The molecule has 2 aromatic carbocycles.